The van der Waals surface area contributed by atoms with Gasteiger partial charge in [0.1, 0.15) is 0 Å². The van der Waals surface area contributed by atoms with Crippen molar-refractivity contribution in [1.82, 2.24) is 20.1 Å². The summed E-state index contributed by atoms with van der Waals surface area (Å²) in [5.41, 5.74) is -0.942. The number of aromatic nitrogens is 3. The predicted octanol–water partition coefficient (Wildman–Crippen LogP) is 2.82. The van der Waals surface area contributed by atoms with Crippen LogP contribution in [-0.2, 0) is 17.5 Å². The molecule has 0 unspecified atom stereocenters. The molecule has 2 aromatic rings. The van der Waals surface area contributed by atoms with Gasteiger partial charge in [-0.25, -0.2) is 4.98 Å². The fourth-order valence-electron chi connectivity index (χ4n) is 1.89. The van der Waals surface area contributed by atoms with Gasteiger partial charge in [-0.15, -0.1) is 21.5 Å². The number of nitrogens with zero attached hydrogens (tertiary/aromatic N) is 4. The smallest absolute Gasteiger partial charge is 0.414 e. The number of carbonyl (C=O) groups is 1. The molecule has 11 heteroatoms. The Hall–Kier alpha value is -1.62. The summed E-state index contributed by atoms with van der Waals surface area (Å²) in [6, 6.07) is 0. The Bertz CT molecular complexity index is 685. The largest absolute Gasteiger partial charge is 0.434 e. The molecule has 3 heterocycles. The minimum atomic E-state index is -4.47. The molecule has 1 aliphatic heterocycles. The molecule has 0 aromatic carbocycles. The molecule has 118 valence electrons. The molecule has 6 nitrogen and oxygen atoms in total. The highest BCUT2D eigenvalue weighted by Gasteiger charge is 2.34. The van der Waals surface area contributed by atoms with Crippen LogP contribution in [0.15, 0.2) is 19.4 Å². The molecule has 0 radical (unpaired) electrons. The van der Waals surface area contributed by atoms with E-state index >= 15 is 0 Å². The SMILES string of the molecule is O=C1CCCN1Cc1nnc(Sc2nc(C(F)(F)F)cs2)o1. The summed E-state index contributed by atoms with van der Waals surface area (Å²) in [4.78, 5) is 16.6. The summed E-state index contributed by atoms with van der Waals surface area (Å²) in [7, 11) is 0. The van der Waals surface area contributed by atoms with Crippen LogP contribution in [0.4, 0.5) is 13.2 Å². The first-order valence-corrected chi connectivity index (χ1v) is 7.92. The van der Waals surface area contributed by atoms with E-state index in [4.69, 9.17) is 4.42 Å². The fourth-order valence-corrected chi connectivity index (χ4v) is 3.50. The minimum absolute atomic E-state index is 0.0298. The van der Waals surface area contributed by atoms with Crippen molar-refractivity contribution in [3.63, 3.8) is 0 Å². The van der Waals surface area contributed by atoms with Crippen LogP contribution in [0.3, 0.4) is 0 Å². The lowest BCUT2D eigenvalue weighted by Crippen LogP contribution is -2.23. The fraction of sp³-hybridized carbons (Fsp3) is 0.455. The first-order valence-electron chi connectivity index (χ1n) is 6.22. The normalized spacial score (nSPS) is 15.8. The monoisotopic (exact) mass is 350 g/mol. The molecule has 0 atom stereocenters. The van der Waals surface area contributed by atoms with E-state index in [1.54, 1.807) is 4.90 Å². The lowest BCUT2D eigenvalue weighted by atomic mass is 10.4. The molecule has 0 spiro atoms. The highest BCUT2D eigenvalue weighted by Crippen LogP contribution is 2.35. The highest BCUT2D eigenvalue weighted by atomic mass is 32.2. The van der Waals surface area contributed by atoms with Crippen LogP contribution in [-0.4, -0.2) is 32.5 Å². The molecule has 0 aliphatic carbocycles. The van der Waals surface area contributed by atoms with E-state index in [1.807, 2.05) is 0 Å². The Morgan fingerprint density at radius 2 is 2.23 bits per heavy atom. The third-order valence-electron chi connectivity index (χ3n) is 2.89. The van der Waals surface area contributed by atoms with Crippen LogP contribution >= 0.6 is 23.1 Å². The van der Waals surface area contributed by atoms with E-state index in [1.165, 1.54) is 0 Å². The van der Waals surface area contributed by atoms with E-state index in [-0.39, 0.29) is 27.9 Å². The van der Waals surface area contributed by atoms with Crippen molar-refractivity contribution in [3.05, 3.63) is 17.0 Å². The maximum Gasteiger partial charge on any atom is 0.434 e. The van der Waals surface area contributed by atoms with Crippen molar-refractivity contribution >= 4 is 29.0 Å². The van der Waals surface area contributed by atoms with Crippen LogP contribution in [0.2, 0.25) is 0 Å². The molecule has 3 rings (SSSR count). The van der Waals surface area contributed by atoms with Crippen molar-refractivity contribution in [1.29, 1.82) is 0 Å². The maximum absolute atomic E-state index is 12.5. The second-order valence-corrected chi connectivity index (χ2v) is 6.54. The van der Waals surface area contributed by atoms with Crippen LogP contribution in [0, 0.1) is 0 Å². The van der Waals surface area contributed by atoms with Gasteiger partial charge >= 0.3 is 6.18 Å². The molecule has 1 saturated heterocycles. The summed E-state index contributed by atoms with van der Waals surface area (Å²) in [5, 5.41) is 8.57. The second kappa shape index (κ2) is 5.88. The van der Waals surface area contributed by atoms with Crippen molar-refractivity contribution in [2.24, 2.45) is 0 Å². The Kier molecular flexibility index (Phi) is 4.08. The Balaban J connectivity index is 1.64. The number of rotatable bonds is 4. The molecule has 1 amide bonds. The zero-order valence-corrected chi connectivity index (χ0v) is 12.6. The van der Waals surface area contributed by atoms with Crippen LogP contribution in [0.5, 0.6) is 0 Å². The van der Waals surface area contributed by atoms with E-state index in [2.05, 4.69) is 15.2 Å². The third kappa shape index (κ3) is 3.40. The summed E-state index contributed by atoms with van der Waals surface area (Å²) in [6.45, 7) is 0.864. The molecule has 0 saturated carbocycles. The van der Waals surface area contributed by atoms with Gasteiger partial charge in [-0.05, 0) is 6.42 Å². The quantitative estimate of drug-likeness (QED) is 0.844. The Labute approximate surface area is 130 Å². The van der Waals surface area contributed by atoms with Gasteiger partial charge in [-0.2, -0.15) is 13.2 Å². The molecule has 0 N–H and O–H groups in total. The lowest BCUT2D eigenvalue weighted by molar-refractivity contribution is -0.141. The van der Waals surface area contributed by atoms with Gasteiger partial charge < -0.3 is 9.32 Å². The third-order valence-corrected chi connectivity index (χ3v) is 4.67. The minimum Gasteiger partial charge on any atom is -0.414 e. The lowest BCUT2D eigenvalue weighted by Gasteiger charge is -2.11. The van der Waals surface area contributed by atoms with Crippen molar-refractivity contribution in [2.45, 2.75) is 35.1 Å². The zero-order chi connectivity index (χ0) is 15.7. The van der Waals surface area contributed by atoms with E-state index in [0.29, 0.717) is 13.0 Å². The maximum atomic E-state index is 12.5. The number of thiazole rings is 1. The number of halogens is 3. The number of hydrogen-bond donors (Lipinski definition) is 0. The summed E-state index contributed by atoms with van der Waals surface area (Å²) < 4.78 is 42.9. The molecule has 22 heavy (non-hydrogen) atoms. The number of likely N-dealkylation sites (tertiary alicyclic amines) is 1. The van der Waals surface area contributed by atoms with Gasteiger partial charge in [-0.3, -0.25) is 4.79 Å². The number of alkyl halides is 3. The Morgan fingerprint density at radius 1 is 1.41 bits per heavy atom. The molecule has 0 bridgehead atoms. The average Bonchev–Trinajstić information content (AvgIpc) is 3.13. The zero-order valence-electron chi connectivity index (χ0n) is 11.0. The van der Waals surface area contributed by atoms with Gasteiger partial charge in [0.2, 0.25) is 11.8 Å². The van der Waals surface area contributed by atoms with Crippen molar-refractivity contribution in [3.8, 4) is 0 Å². The topological polar surface area (TPSA) is 72.1 Å². The average molecular weight is 350 g/mol. The summed E-state index contributed by atoms with van der Waals surface area (Å²) >= 11 is 1.72. The summed E-state index contributed by atoms with van der Waals surface area (Å²) in [5.74, 6) is 0.285. The summed E-state index contributed by atoms with van der Waals surface area (Å²) in [6.07, 6.45) is -3.16. The molecule has 2 aromatic heterocycles. The van der Waals surface area contributed by atoms with Gasteiger partial charge in [0.25, 0.3) is 5.22 Å². The van der Waals surface area contributed by atoms with Gasteiger partial charge in [0.15, 0.2) is 10.0 Å². The number of carbonyl (C=O) groups excluding carboxylic acids is 1. The van der Waals surface area contributed by atoms with E-state index < -0.39 is 11.9 Å². The second-order valence-electron chi connectivity index (χ2n) is 4.48. The van der Waals surface area contributed by atoms with Crippen LogP contribution < -0.4 is 0 Å². The first-order chi connectivity index (χ1) is 10.4. The highest BCUT2D eigenvalue weighted by molar-refractivity contribution is 8.00. The van der Waals surface area contributed by atoms with Crippen molar-refractivity contribution in [2.75, 3.05) is 6.54 Å². The molecular formula is C11H9F3N4O2S2. The number of hydrogen-bond acceptors (Lipinski definition) is 7. The van der Waals surface area contributed by atoms with Gasteiger partial charge in [-0.1, -0.05) is 0 Å². The van der Waals surface area contributed by atoms with Gasteiger partial charge in [0.05, 0.1) is 6.54 Å². The predicted molar refractivity (Wildman–Crippen MR) is 70.2 cm³/mol. The van der Waals surface area contributed by atoms with E-state index in [0.717, 1.165) is 34.9 Å². The standard InChI is InChI=1S/C11H9F3N4O2S2/c12-11(13,14)6-5-21-10(15-6)22-9-17-16-7(20-9)4-18-3-1-2-8(18)19/h5H,1-4H2. The van der Waals surface area contributed by atoms with E-state index in [9.17, 15) is 18.0 Å². The first kappa shape index (κ1) is 15.3. The van der Waals surface area contributed by atoms with Gasteiger partial charge in [0, 0.05) is 30.1 Å². The molecular weight excluding hydrogens is 341 g/mol. The molecule has 1 aliphatic rings. The number of amides is 1. The molecule has 1 fully saturated rings. The van der Waals surface area contributed by atoms with Crippen LogP contribution in [0.1, 0.15) is 24.4 Å². The van der Waals surface area contributed by atoms with Crippen molar-refractivity contribution < 1.29 is 22.4 Å². The van der Waals surface area contributed by atoms with Crippen LogP contribution in [0.25, 0.3) is 0 Å². The Morgan fingerprint density at radius 3 is 2.86 bits per heavy atom.